The standard InChI is InChI=1S/C17H29N3/c1-11(2)13-6-8-14(9-7-13)17-19-15(12(3)4)10-16(18-5)20-17/h10-14H,6-9H2,1-5H3,(H,18,19,20). The second kappa shape index (κ2) is 6.55. The average Bonchev–Trinajstić information content (AvgIpc) is 2.46. The maximum absolute atomic E-state index is 4.82. The van der Waals surface area contributed by atoms with Gasteiger partial charge in [0.1, 0.15) is 11.6 Å². The number of nitrogens with one attached hydrogen (secondary N) is 1. The maximum atomic E-state index is 4.82. The molecule has 112 valence electrons. The molecule has 1 fully saturated rings. The summed E-state index contributed by atoms with van der Waals surface area (Å²) in [6.45, 7) is 9.09. The van der Waals surface area contributed by atoms with E-state index in [2.05, 4.69) is 39.1 Å². The van der Waals surface area contributed by atoms with Crippen LogP contribution in [0.1, 0.15) is 76.7 Å². The molecule has 1 N–H and O–H groups in total. The Labute approximate surface area is 123 Å². The second-order valence-electron chi connectivity index (χ2n) is 6.80. The van der Waals surface area contributed by atoms with Gasteiger partial charge in [-0.25, -0.2) is 9.97 Å². The predicted octanol–water partition coefficient (Wildman–Crippen LogP) is 4.57. The number of aromatic nitrogens is 2. The molecule has 0 amide bonds. The van der Waals surface area contributed by atoms with Crippen LogP contribution in [0, 0.1) is 11.8 Å². The summed E-state index contributed by atoms with van der Waals surface area (Å²) in [6.07, 6.45) is 5.14. The summed E-state index contributed by atoms with van der Waals surface area (Å²) >= 11 is 0. The van der Waals surface area contributed by atoms with E-state index in [1.54, 1.807) is 0 Å². The van der Waals surface area contributed by atoms with Crippen molar-refractivity contribution in [2.45, 2.75) is 65.2 Å². The number of rotatable bonds is 4. The molecule has 0 bridgehead atoms. The van der Waals surface area contributed by atoms with Crippen LogP contribution in [-0.4, -0.2) is 17.0 Å². The zero-order chi connectivity index (χ0) is 14.7. The van der Waals surface area contributed by atoms with Gasteiger partial charge in [-0.2, -0.15) is 0 Å². The van der Waals surface area contributed by atoms with Crippen molar-refractivity contribution in [1.82, 2.24) is 9.97 Å². The zero-order valence-corrected chi connectivity index (χ0v) is 13.6. The molecule has 2 rings (SSSR count). The minimum absolute atomic E-state index is 0.454. The van der Waals surface area contributed by atoms with Gasteiger partial charge in [0.05, 0.1) is 0 Å². The van der Waals surface area contributed by atoms with Crippen LogP contribution in [0.3, 0.4) is 0 Å². The lowest BCUT2D eigenvalue weighted by atomic mass is 9.76. The maximum Gasteiger partial charge on any atom is 0.134 e. The Morgan fingerprint density at radius 1 is 1.05 bits per heavy atom. The van der Waals surface area contributed by atoms with Gasteiger partial charge < -0.3 is 5.32 Å². The lowest BCUT2D eigenvalue weighted by molar-refractivity contribution is 0.254. The smallest absolute Gasteiger partial charge is 0.134 e. The Bertz CT molecular complexity index is 432. The van der Waals surface area contributed by atoms with E-state index in [-0.39, 0.29) is 0 Å². The molecule has 20 heavy (non-hydrogen) atoms. The van der Waals surface area contributed by atoms with E-state index in [1.165, 1.54) is 25.7 Å². The number of nitrogens with zero attached hydrogens (tertiary/aromatic N) is 2. The molecular formula is C17H29N3. The molecule has 0 aromatic carbocycles. The van der Waals surface area contributed by atoms with Gasteiger partial charge in [0.2, 0.25) is 0 Å². The first kappa shape index (κ1) is 15.3. The van der Waals surface area contributed by atoms with Crippen molar-refractivity contribution >= 4 is 5.82 Å². The molecule has 1 aliphatic carbocycles. The lowest BCUT2D eigenvalue weighted by Crippen LogP contribution is -2.19. The van der Waals surface area contributed by atoms with Gasteiger partial charge in [-0.15, -0.1) is 0 Å². The summed E-state index contributed by atoms with van der Waals surface area (Å²) in [5.41, 5.74) is 1.16. The topological polar surface area (TPSA) is 37.8 Å². The summed E-state index contributed by atoms with van der Waals surface area (Å²) < 4.78 is 0. The van der Waals surface area contributed by atoms with Gasteiger partial charge in [0, 0.05) is 24.7 Å². The summed E-state index contributed by atoms with van der Waals surface area (Å²) in [4.78, 5) is 9.53. The quantitative estimate of drug-likeness (QED) is 0.874. The Hall–Kier alpha value is -1.12. The number of anilines is 1. The van der Waals surface area contributed by atoms with Crippen LogP contribution in [-0.2, 0) is 0 Å². The summed E-state index contributed by atoms with van der Waals surface area (Å²) in [5, 5.41) is 3.18. The Morgan fingerprint density at radius 2 is 1.70 bits per heavy atom. The minimum Gasteiger partial charge on any atom is -0.373 e. The van der Waals surface area contributed by atoms with Crippen LogP contribution >= 0.6 is 0 Å². The predicted molar refractivity (Wildman–Crippen MR) is 85.2 cm³/mol. The van der Waals surface area contributed by atoms with E-state index < -0.39 is 0 Å². The highest BCUT2D eigenvalue weighted by molar-refractivity contribution is 5.36. The Morgan fingerprint density at radius 3 is 2.20 bits per heavy atom. The van der Waals surface area contributed by atoms with Crippen LogP contribution in [0.25, 0.3) is 0 Å². The van der Waals surface area contributed by atoms with E-state index >= 15 is 0 Å². The third-order valence-corrected chi connectivity index (χ3v) is 4.69. The first-order chi connectivity index (χ1) is 9.51. The SMILES string of the molecule is CNc1cc(C(C)C)nc(C2CCC(C(C)C)CC2)n1. The molecule has 0 atom stereocenters. The molecule has 3 nitrogen and oxygen atoms in total. The van der Waals surface area contributed by atoms with Crippen molar-refractivity contribution < 1.29 is 0 Å². The van der Waals surface area contributed by atoms with Gasteiger partial charge in [-0.3, -0.25) is 0 Å². The molecule has 0 spiro atoms. The van der Waals surface area contributed by atoms with Crippen molar-refractivity contribution in [3.05, 3.63) is 17.6 Å². The van der Waals surface area contributed by atoms with E-state index in [0.717, 1.165) is 29.2 Å². The highest BCUT2D eigenvalue weighted by Crippen LogP contribution is 2.38. The molecule has 1 heterocycles. The zero-order valence-electron chi connectivity index (χ0n) is 13.6. The number of hydrogen-bond acceptors (Lipinski definition) is 3. The first-order valence-corrected chi connectivity index (χ1v) is 8.07. The molecule has 1 saturated carbocycles. The molecule has 0 aliphatic heterocycles. The highest BCUT2D eigenvalue weighted by atomic mass is 15.0. The monoisotopic (exact) mass is 275 g/mol. The van der Waals surface area contributed by atoms with Crippen molar-refractivity contribution in [2.75, 3.05) is 12.4 Å². The lowest BCUT2D eigenvalue weighted by Gasteiger charge is -2.30. The van der Waals surface area contributed by atoms with E-state index in [1.807, 2.05) is 7.05 Å². The van der Waals surface area contributed by atoms with Crippen LogP contribution in [0.5, 0.6) is 0 Å². The van der Waals surface area contributed by atoms with Gasteiger partial charge in [0.15, 0.2) is 0 Å². The summed E-state index contributed by atoms with van der Waals surface area (Å²) in [7, 11) is 1.94. The van der Waals surface area contributed by atoms with Crippen LogP contribution in [0.15, 0.2) is 6.07 Å². The van der Waals surface area contributed by atoms with E-state index in [4.69, 9.17) is 9.97 Å². The van der Waals surface area contributed by atoms with Crippen molar-refractivity contribution in [1.29, 1.82) is 0 Å². The van der Waals surface area contributed by atoms with Gasteiger partial charge >= 0.3 is 0 Å². The van der Waals surface area contributed by atoms with Crippen LogP contribution in [0.2, 0.25) is 0 Å². The van der Waals surface area contributed by atoms with Crippen molar-refractivity contribution in [3.8, 4) is 0 Å². The third kappa shape index (κ3) is 3.50. The van der Waals surface area contributed by atoms with Gasteiger partial charge in [-0.1, -0.05) is 27.7 Å². The molecule has 1 aliphatic rings. The minimum atomic E-state index is 0.454. The van der Waals surface area contributed by atoms with E-state index in [0.29, 0.717) is 11.8 Å². The van der Waals surface area contributed by atoms with E-state index in [9.17, 15) is 0 Å². The van der Waals surface area contributed by atoms with Gasteiger partial charge in [0.25, 0.3) is 0 Å². The molecule has 1 aromatic heterocycles. The summed E-state index contributed by atoms with van der Waals surface area (Å²) in [6, 6.07) is 2.08. The fraction of sp³-hybridized carbons (Fsp3) is 0.765. The fourth-order valence-electron chi connectivity index (χ4n) is 3.14. The molecule has 3 heteroatoms. The molecule has 1 aromatic rings. The van der Waals surface area contributed by atoms with Crippen molar-refractivity contribution in [3.63, 3.8) is 0 Å². The molecule has 0 unspecified atom stereocenters. The third-order valence-electron chi connectivity index (χ3n) is 4.69. The largest absolute Gasteiger partial charge is 0.373 e. The van der Waals surface area contributed by atoms with Gasteiger partial charge in [-0.05, 0) is 43.4 Å². The number of hydrogen-bond donors (Lipinski definition) is 1. The second-order valence-corrected chi connectivity index (χ2v) is 6.80. The molecule has 0 radical (unpaired) electrons. The normalized spacial score (nSPS) is 23.4. The van der Waals surface area contributed by atoms with Crippen molar-refractivity contribution in [2.24, 2.45) is 11.8 Å². The molecular weight excluding hydrogens is 246 g/mol. The highest BCUT2D eigenvalue weighted by Gasteiger charge is 2.26. The van der Waals surface area contributed by atoms with Crippen LogP contribution in [0.4, 0.5) is 5.82 Å². The fourth-order valence-corrected chi connectivity index (χ4v) is 3.14. The Kier molecular flexibility index (Phi) is 5.00. The van der Waals surface area contributed by atoms with Crippen LogP contribution < -0.4 is 5.32 Å². The molecule has 0 saturated heterocycles. The average molecular weight is 275 g/mol. The summed E-state index contributed by atoms with van der Waals surface area (Å²) in [5.74, 6) is 4.73. The Balaban J connectivity index is 2.15. The first-order valence-electron chi connectivity index (χ1n) is 8.07.